The van der Waals surface area contributed by atoms with Gasteiger partial charge in [0.2, 0.25) is 0 Å². The molecule has 1 amide bonds. The molecule has 0 unspecified atom stereocenters. The summed E-state index contributed by atoms with van der Waals surface area (Å²) < 4.78 is 7.31. The topological polar surface area (TPSA) is 72.4 Å². The van der Waals surface area contributed by atoms with Gasteiger partial charge in [-0.15, -0.1) is 11.3 Å². The first-order valence-corrected chi connectivity index (χ1v) is 13.6. The fraction of sp³-hybridized carbons (Fsp3) is 0.276. The van der Waals surface area contributed by atoms with Crippen LogP contribution in [-0.4, -0.2) is 28.7 Å². The van der Waals surface area contributed by atoms with Crippen molar-refractivity contribution in [2.45, 2.75) is 46.1 Å². The summed E-state index contributed by atoms with van der Waals surface area (Å²) in [5, 5.41) is 7.69. The zero-order valence-electron chi connectivity index (χ0n) is 21.1. The molecular formula is C29H29N3O3S2. The van der Waals surface area contributed by atoms with Crippen molar-refractivity contribution in [2.24, 2.45) is 0 Å². The molecule has 0 radical (unpaired) electrons. The van der Waals surface area contributed by atoms with Gasteiger partial charge in [0.15, 0.2) is 5.11 Å². The molecule has 0 spiro atoms. The van der Waals surface area contributed by atoms with Crippen LogP contribution in [0, 0.1) is 13.8 Å². The van der Waals surface area contributed by atoms with Crippen LogP contribution in [0.3, 0.4) is 0 Å². The second-order valence-electron chi connectivity index (χ2n) is 9.33. The van der Waals surface area contributed by atoms with Crippen molar-refractivity contribution in [2.75, 3.05) is 12.4 Å². The molecule has 1 aliphatic rings. The van der Waals surface area contributed by atoms with Gasteiger partial charge in [0, 0.05) is 33.6 Å². The van der Waals surface area contributed by atoms with E-state index < -0.39 is 0 Å². The molecule has 0 saturated carbocycles. The molecule has 2 aromatic heterocycles. The number of hydrogen-bond donors (Lipinski definition) is 2. The van der Waals surface area contributed by atoms with E-state index in [4.69, 9.17) is 17.0 Å². The van der Waals surface area contributed by atoms with E-state index in [0.29, 0.717) is 16.1 Å². The number of nitrogens with one attached hydrogen (secondary N) is 2. The zero-order valence-corrected chi connectivity index (χ0v) is 22.8. The number of methoxy groups -OCH3 is 1. The molecule has 0 aliphatic heterocycles. The van der Waals surface area contributed by atoms with Gasteiger partial charge in [-0.25, -0.2) is 4.79 Å². The lowest BCUT2D eigenvalue weighted by Gasteiger charge is -2.12. The van der Waals surface area contributed by atoms with Gasteiger partial charge in [0.05, 0.1) is 12.7 Å². The minimum atomic E-state index is -0.382. The first kappa shape index (κ1) is 25.2. The number of aromatic nitrogens is 1. The second-order valence-corrected chi connectivity index (χ2v) is 10.8. The van der Waals surface area contributed by atoms with Gasteiger partial charge in [-0.1, -0.05) is 30.3 Å². The van der Waals surface area contributed by atoms with E-state index in [2.05, 4.69) is 41.2 Å². The van der Waals surface area contributed by atoms with E-state index in [-0.39, 0.29) is 17.0 Å². The van der Waals surface area contributed by atoms with Crippen LogP contribution in [0.5, 0.6) is 0 Å². The van der Waals surface area contributed by atoms with E-state index >= 15 is 0 Å². The van der Waals surface area contributed by atoms with Gasteiger partial charge in [0.25, 0.3) is 5.91 Å². The van der Waals surface area contributed by atoms with Gasteiger partial charge in [-0.05, 0) is 86.6 Å². The molecule has 190 valence electrons. The van der Waals surface area contributed by atoms with Crippen LogP contribution in [0.1, 0.15) is 60.8 Å². The van der Waals surface area contributed by atoms with Crippen LogP contribution in [0.15, 0.2) is 48.5 Å². The Morgan fingerprint density at radius 1 is 1.08 bits per heavy atom. The quantitative estimate of drug-likeness (QED) is 0.238. The Morgan fingerprint density at radius 3 is 2.59 bits per heavy atom. The molecule has 4 aromatic rings. The molecule has 0 fully saturated rings. The molecule has 5 rings (SSSR count). The maximum absolute atomic E-state index is 13.1. The normalized spacial score (nSPS) is 12.7. The Kier molecular flexibility index (Phi) is 7.13. The minimum absolute atomic E-state index is 0.156. The smallest absolute Gasteiger partial charge is 0.341 e. The fourth-order valence-electron chi connectivity index (χ4n) is 5.04. The summed E-state index contributed by atoms with van der Waals surface area (Å²) in [4.78, 5) is 26.8. The number of nitrogens with zero attached hydrogens (tertiary/aromatic N) is 1. The summed E-state index contributed by atoms with van der Waals surface area (Å²) in [6.45, 7) is 4.96. The average Bonchev–Trinajstić information content (AvgIpc) is 3.38. The van der Waals surface area contributed by atoms with Crippen molar-refractivity contribution in [1.29, 1.82) is 0 Å². The fourth-order valence-corrected chi connectivity index (χ4v) is 6.58. The predicted molar refractivity (Wildman–Crippen MR) is 153 cm³/mol. The number of carbonyl (C=O) groups is 2. The Morgan fingerprint density at radius 2 is 1.84 bits per heavy atom. The van der Waals surface area contributed by atoms with Crippen molar-refractivity contribution in [3.8, 4) is 0 Å². The second kappa shape index (κ2) is 10.5. The highest BCUT2D eigenvalue weighted by Crippen LogP contribution is 2.38. The average molecular weight is 532 g/mol. The standard InChI is InChI=1S/C29H29N3O3S2/c1-17-18(2)32(16-19-9-5-4-6-10-19)23-14-13-20(15-22(17)23)26(33)30-29(36)31-27-25(28(34)35-3)21-11-7-8-12-24(21)37-27/h4-6,9-10,13-15H,7-8,11-12,16H2,1-3H3,(H2,30,31,33,36). The Balaban J connectivity index is 1.36. The van der Waals surface area contributed by atoms with Crippen molar-refractivity contribution < 1.29 is 14.3 Å². The summed E-state index contributed by atoms with van der Waals surface area (Å²) in [6, 6.07) is 16.1. The summed E-state index contributed by atoms with van der Waals surface area (Å²) in [5.41, 5.74) is 6.72. The molecule has 2 aromatic carbocycles. The minimum Gasteiger partial charge on any atom is -0.465 e. The predicted octanol–water partition coefficient (Wildman–Crippen LogP) is 6.16. The molecule has 37 heavy (non-hydrogen) atoms. The molecule has 0 bridgehead atoms. The van der Waals surface area contributed by atoms with E-state index in [1.165, 1.54) is 34.6 Å². The van der Waals surface area contributed by atoms with E-state index in [1.807, 2.05) is 36.4 Å². The lowest BCUT2D eigenvalue weighted by Crippen LogP contribution is -2.34. The maximum atomic E-state index is 13.1. The Labute approximate surface area is 225 Å². The largest absolute Gasteiger partial charge is 0.465 e. The Bertz CT molecular complexity index is 1520. The monoisotopic (exact) mass is 531 g/mol. The molecule has 0 atom stereocenters. The van der Waals surface area contributed by atoms with E-state index in [9.17, 15) is 9.59 Å². The van der Waals surface area contributed by atoms with Crippen molar-refractivity contribution >= 4 is 56.4 Å². The number of aryl methyl sites for hydroxylation is 2. The first-order valence-electron chi connectivity index (χ1n) is 12.4. The van der Waals surface area contributed by atoms with Crippen LogP contribution in [0.25, 0.3) is 10.9 Å². The van der Waals surface area contributed by atoms with Crippen LogP contribution in [0.2, 0.25) is 0 Å². The number of thiophene rings is 1. The number of amides is 1. The van der Waals surface area contributed by atoms with Crippen LogP contribution in [0.4, 0.5) is 5.00 Å². The van der Waals surface area contributed by atoms with Gasteiger partial charge in [-0.2, -0.15) is 0 Å². The number of thiocarbonyl (C=S) groups is 1. The summed E-state index contributed by atoms with van der Waals surface area (Å²) >= 11 is 6.97. The maximum Gasteiger partial charge on any atom is 0.341 e. The third kappa shape index (κ3) is 4.91. The number of rotatable bonds is 5. The molecule has 2 N–H and O–H groups in total. The van der Waals surface area contributed by atoms with E-state index in [0.717, 1.165) is 54.3 Å². The van der Waals surface area contributed by atoms with Crippen molar-refractivity contribution in [3.05, 3.63) is 86.9 Å². The first-order chi connectivity index (χ1) is 17.9. The number of carbonyl (C=O) groups excluding carboxylic acids is 2. The summed E-state index contributed by atoms with van der Waals surface area (Å²) in [6.07, 6.45) is 3.93. The van der Waals surface area contributed by atoms with Crippen molar-refractivity contribution in [3.63, 3.8) is 0 Å². The molecule has 0 saturated heterocycles. The number of benzene rings is 2. The van der Waals surface area contributed by atoms with Crippen LogP contribution in [-0.2, 0) is 24.1 Å². The SMILES string of the molecule is COC(=O)c1c(NC(=S)NC(=O)c2ccc3c(c2)c(C)c(C)n3Cc2ccccc2)sc2c1CCCC2. The lowest BCUT2D eigenvalue weighted by atomic mass is 9.95. The van der Waals surface area contributed by atoms with Gasteiger partial charge >= 0.3 is 5.97 Å². The van der Waals surface area contributed by atoms with Crippen molar-refractivity contribution in [1.82, 2.24) is 9.88 Å². The summed E-state index contributed by atoms with van der Waals surface area (Å²) in [7, 11) is 1.38. The Hall–Kier alpha value is -3.49. The number of fused-ring (bicyclic) bond motifs is 2. The van der Waals surface area contributed by atoms with Crippen LogP contribution >= 0.6 is 23.6 Å². The number of ether oxygens (including phenoxy) is 1. The number of anilines is 1. The molecule has 1 aliphatic carbocycles. The lowest BCUT2D eigenvalue weighted by molar-refractivity contribution is 0.0601. The third-order valence-corrected chi connectivity index (χ3v) is 8.51. The molecule has 6 nitrogen and oxygen atoms in total. The molecular weight excluding hydrogens is 502 g/mol. The number of esters is 1. The van der Waals surface area contributed by atoms with E-state index in [1.54, 1.807) is 0 Å². The zero-order chi connectivity index (χ0) is 26.1. The van der Waals surface area contributed by atoms with Crippen LogP contribution < -0.4 is 10.6 Å². The summed E-state index contributed by atoms with van der Waals surface area (Å²) in [5.74, 6) is -0.680. The number of hydrogen-bond acceptors (Lipinski definition) is 5. The third-order valence-electron chi connectivity index (χ3n) is 7.10. The van der Waals surface area contributed by atoms with Gasteiger partial charge in [-0.3, -0.25) is 10.1 Å². The molecule has 8 heteroatoms. The highest BCUT2D eigenvalue weighted by atomic mass is 32.1. The highest BCUT2D eigenvalue weighted by Gasteiger charge is 2.26. The van der Waals surface area contributed by atoms with Gasteiger partial charge < -0.3 is 14.6 Å². The molecule has 2 heterocycles. The van der Waals surface area contributed by atoms with Gasteiger partial charge in [0.1, 0.15) is 5.00 Å². The highest BCUT2D eigenvalue weighted by molar-refractivity contribution is 7.80.